The van der Waals surface area contributed by atoms with Crippen molar-refractivity contribution in [3.8, 4) is 0 Å². The molecule has 0 aliphatic carbocycles. The molecule has 0 saturated heterocycles. The Labute approximate surface area is 161 Å². The molecule has 1 atom stereocenters. The van der Waals surface area contributed by atoms with Crippen molar-refractivity contribution in [3.63, 3.8) is 0 Å². The Morgan fingerprint density at radius 2 is 1.38 bits per heavy atom. The van der Waals surface area contributed by atoms with Crippen molar-refractivity contribution >= 4 is 5.97 Å². The van der Waals surface area contributed by atoms with Crippen LogP contribution in [-0.2, 0) is 4.79 Å². The summed E-state index contributed by atoms with van der Waals surface area (Å²) in [5, 5.41) is 12.3. The van der Waals surface area contributed by atoms with E-state index in [-0.39, 0.29) is 5.92 Å². The normalized spacial score (nSPS) is 13.5. The van der Waals surface area contributed by atoms with Gasteiger partial charge in [-0.15, -0.1) is 0 Å². The Bertz CT molecular complexity index is 410. The van der Waals surface area contributed by atoms with Crippen molar-refractivity contribution in [3.05, 3.63) is 36.5 Å². The maximum atomic E-state index is 11.1. The minimum Gasteiger partial charge on any atom is -0.480 e. The fourth-order valence-electron chi connectivity index (χ4n) is 2.79. The van der Waals surface area contributed by atoms with Gasteiger partial charge in [-0.25, -0.2) is 0 Å². The quantitative estimate of drug-likeness (QED) is 0.236. The highest BCUT2D eigenvalue weighted by molar-refractivity contribution is 5.73. The molecule has 0 fully saturated rings. The average Bonchev–Trinajstić information content (AvgIpc) is 2.60. The van der Waals surface area contributed by atoms with Gasteiger partial charge in [-0.05, 0) is 51.0 Å². The molecule has 0 heterocycles. The lowest BCUT2D eigenvalue weighted by molar-refractivity contribution is -0.140. The molecule has 0 aromatic carbocycles. The molecule has 0 radical (unpaired) electrons. The maximum Gasteiger partial charge on any atom is 0.320 e. The highest BCUT2D eigenvalue weighted by Crippen LogP contribution is 2.08. The van der Waals surface area contributed by atoms with E-state index >= 15 is 0 Å². The maximum absolute atomic E-state index is 11.1. The first-order valence-corrected chi connectivity index (χ1v) is 10.5. The molecular formula is C23H41NO2. The molecule has 0 rings (SSSR count). The van der Waals surface area contributed by atoms with Crippen molar-refractivity contribution in [2.24, 2.45) is 5.92 Å². The van der Waals surface area contributed by atoms with Gasteiger partial charge in [-0.1, -0.05) is 82.9 Å². The van der Waals surface area contributed by atoms with Crippen molar-refractivity contribution in [2.75, 3.05) is 6.54 Å². The summed E-state index contributed by atoms with van der Waals surface area (Å²) in [6, 6.07) is -0.413. The third kappa shape index (κ3) is 16.1. The molecule has 0 aliphatic rings. The topological polar surface area (TPSA) is 49.3 Å². The van der Waals surface area contributed by atoms with Crippen LogP contribution in [0.25, 0.3) is 0 Å². The van der Waals surface area contributed by atoms with Gasteiger partial charge >= 0.3 is 5.97 Å². The minimum absolute atomic E-state index is 0.133. The number of unbranched alkanes of at least 4 members (excludes halogenated alkanes) is 6. The summed E-state index contributed by atoms with van der Waals surface area (Å²) in [4.78, 5) is 11.1. The van der Waals surface area contributed by atoms with E-state index in [4.69, 9.17) is 5.11 Å². The summed E-state index contributed by atoms with van der Waals surface area (Å²) in [7, 11) is 0. The van der Waals surface area contributed by atoms with Crippen LogP contribution in [-0.4, -0.2) is 23.7 Å². The van der Waals surface area contributed by atoms with Crippen LogP contribution in [0.15, 0.2) is 36.5 Å². The van der Waals surface area contributed by atoms with Gasteiger partial charge in [0.25, 0.3) is 0 Å². The lowest BCUT2D eigenvalue weighted by Crippen LogP contribution is -2.41. The number of carboxylic acids is 1. The molecule has 26 heavy (non-hydrogen) atoms. The predicted molar refractivity (Wildman–Crippen MR) is 114 cm³/mol. The van der Waals surface area contributed by atoms with E-state index in [2.05, 4.69) is 48.7 Å². The van der Waals surface area contributed by atoms with Crippen LogP contribution in [0, 0.1) is 5.92 Å². The number of rotatable bonds is 17. The van der Waals surface area contributed by atoms with Crippen molar-refractivity contribution in [1.29, 1.82) is 0 Å². The van der Waals surface area contributed by atoms with Crippen LogP contribution < -0.4 is 5.32 Å². The SMILES string of the molecule is CC/C=C\C/C=C\C/C=C\CCCCCCCCN[C@H](C(=O)O)C(C)C. The number of carboxylic acid groups (broad SMARTS) is 1. The fraction of sp³-hybridized carbons (Fsp3) is 0.696. The second-order valence-electron chi connectivity index (χ2n) is 7.22. The van der Waals surface area contributed by atoms with E-state index in [1.54, 1.807) is 0 Å². The largest absolute Gasteiger partial charge is 0.480 e. The molecule has 0 aromatic rings. The molecule has 0 aromatic heterocycles. The van der Waals surface area contributed by atoms with E-state index < -0.39 is 12.0 Å². The standard InChI is InChI=1S/C23H41NO2/c1-4-5-6-7-8-9-10-11-12-13-14-15-16-17-18-19-20-24-22(21(2)3)23(25)26/h5-6,8-9,11-12,21-22,24H,4,7,10,13-20H2,1-3H3,(H,25,26)/b6-5-,9-8-,12-11-/t22-/m0/s1. The van der Waals surface area contributed by atoms with Crippen molar-refractivity contribution in [1.82, 2.24) is 5.32 Å². The number of carbonyl (C=O) groups is 1. The van der Waals surface area contributed by atoms with Crippen LogP contribution in [0.5, 0.6) is 0 Å². The Morgan fingerprint density at radius 1 is 0.846 bits per heavy atom. The summed E-state index contributed by atoms with van der Waals surface area (Å²) in [5.41, 5.74) is 0. The van der Waals surface area contributed by atoms with Gasteiger partial charge in [0.15, 0.2) is 0 Å². The van der Waals surface area contributed by atoms with Gasteiger partial charge in [0.05, 0.1) is 0 Å². The minimum atomic E-state index is -0.739. The monoisotopic (exact) mass is 363 g/mol. The molecule has 0 saturated carbocycles. The number of hydrogen-bond acceptors (Lipinski definition) is 2. The van der Waals surface area contributed by atoms with Gasteiger partial charge < -0.3 is 10.4 Å². The third-order valence-electron chi connectivity index (χ3n) is 4.37. The molecule has 3 heteroatoms. The summed E-state index contributed by atoms with van der Waals surface area (Å²) in [6.07, 6.45) is 25.2. The second kappa shape index (κ2) is 18.4. The molecular weight excluding hydrogens is 322 g/mol. The van der Waals surface area contributed by atoms with Crippen LogP contribution in [0.2, 0.25) is 0 Å². The van der Waals surface area contributed by atoms with Crippen LogP contribution in [0.1, 0.15) is 85.0 Å². The lowest BCUT2D eigenvalue weighted by atomic mass is 10.0. The zero-order valence-corrected chi connectivity index (χ0v) is 17.3. The summed E-state index contributed by atoms with van der Waals surface area (Å²) < 4.78 is 0. The van der Waals surface area contributed by atoms with Gasteiger partial charge in [-0.2, -0.15) is 0 Å². The lowest BCUT2D eigenvalue weighted by Gasteiger charge is -2.17. The third-order valence-corrected chi connectivity index (χ3v) is 4.37. The van der Waals surface area contributed by atoms with Gasteiger partial charge in [0.2, 0.25) is 0 Å². The Hall–Kier alpha value is -1.35. The summed E-state index contributed by atoms with van der Waals surface area (Å²) in [6.45, 7) is 6.85. The summed E-state index contributed by atoms with van der Waals surface area (Å²) >= 11 is 0. The molecule has 150 valence electrons. The number of hydrogen-bond donors (Lipinski definition) is 2. The zero-order valence-electron chi connectivity index (χ0n) is 17.3. The second-order valence-corrected chi connectivity index (χ2v) is 7.22. The van der Waals surface area contributed by atoms with E-state index in [1.807, 2.05) is 13.8 Å². The van der Waals surface area contributed by atoms with Gasteiger partial charge in [-0.3, -0.25) is 4.79 Å². The smallest absolute Gasteiger partial charge is 0.320 e. The molecule has 0 bridgehead atoms. The number of allylic oxidation sites excluding steroid dienone is 6. The van der Waals surface area contributed by atoms with E-state index in [1.165, 1.54) is 38.5 Å². The molecule has 3 nitrogen and oxygen atoms in total. The summed E-state index contributed by atoms with van der Waals surface area (Å²) in [5.74, 6) is -0.606. The highest BCUT2D eigenvalue weighted by Gasteiger charge is 2.19. The Balaban J connectivity index is 3.39. The van der Waals surface area contributed by atoms with Crippen molar-refractivity contribution in [2.45, 2.75) is 91.0 Å². The van der Waals surface area contributed by atoms with Gasteiger partial charge in [0.1, 0.15) is 6.04 Å². The first-order chi connectivity index (χ1) is 12.6. The van der Waals surface area contributed by atoms with Gasteiger partial charge in [0, 0.05) is 0 Å². The molecule has 0 amide bonds. The number of aliphatic carboxylic acids is 1. The molecule has 0 aliphatic heterocycles. The Morgan fingerprint density at radius 3 is 1.96 bits per heavy atom. The first-order valence-electron chi connectivity index (χ1n) is 10.5. The van der Waals surface area contributed by atoms with E-state index in [0.717, 1.165) is 32.2 Å². The molecule has 2 N–H and O–H groups in total. The van der Waals surface area contributed by atoms with E-state index in [0.29, 0.717) is 0 Å². The Kier molecular flexibility index (Phi) is 17.5. The van der Waals surface area contributed by atoms with E-state index in [9.17, 15) is 4.79 Å². The number of nitrogens with one attached hydrogen (secondary N) is 1. The first kappa shape index (κ1) is 24.7. The molecule has 0 spiro atoms. The van der Waals surface area contributed by atoms with Crippen LogP contribution in [0.4, 0.5) is 0 Å². The van der Waals surface area contributed by atoms with Crippen LogP contribution in [0.3, 0.4) is 0 Å². The predicted octanol–water partition coefficient (Wildman–Crippen LogP) is 6.27. The zero-order chi connectivity index (χ0) is 19.5. The highest BCUT2D eigenvalue weighted by atomic mass is 16.4. The fourth-order valence-corrected chi connectivity index (χ4v) is 2.79. The molecule has 0 unspecified atom stereocenters. The van der Waals surface area contributed by atoms with Crippen molar-refractivity contribution < 1.29 is 9.90 Å². The van der Waals surface area contributed by atoms with Crippen LogP contribution >= 0.6 is 0 Å². The average molecular weight is 364 g/mol.